The summed E-state index contributed by atoms with van der Waals surface area (Å²) in [6, 6.07) is 0. The molecule has 3 fully saturated rings. The highest BCUT2D eigenvalue weighted by molar-refractivity contribution is 5.04. The van der Waals surface area contributed by atoms with Crippen molar-refractivity contribution in [1.29, 1.82) is 0 Å². The average molecular weight is 260 g/mol. The highest BCUT2D eigenvalue weighted by Crippen LogP contribution is 2.44. The Hall–Kier alpha value is -0.240. The number of ether oxygens (including phenoxy) is 2. The third kappa shape index (κ3) is 1.79. The molecular formula is C12H20O6. The number of hydrogen-bond donors (Lipinski definition) is 4. The van der Waals surface area contributed by atoms with Crippen LogP contribution in [0, 0.1) is 0 Å². The minimum Gasteiger partial charge on any atom is -0.387 e. The predicted octanol–water partition coefficient (Wildman–Crippen LogP) is -1.11. The first-order chi connectivity index (χ1) is 8.54. The molecule has 3 aliphatic rings. The predicted molar refractivity (Wildman–Crippen MR) is 59.6 cm³/mol. The average Bonchev–Trinajstić information content (AvgIpc) is 2.74. The first kappa shape index (κ1) is 12.8. The van der Waals surface area contributed by atoms with Crippen molar-refractivity contribution >= 4 is 0 Å². The van der Waals surface area contributed by atoms with Crippen molar-refractivity contribution in [2.75, 3.05) is 0 Å². The van der Waals surface area contributed by atoms with Crippen LogP contribution in [0.2, 0.25) is 0 Å². The van der Waals surface area contributed by atoms with Crippen LogP contribution >= 0.6 is 0 Å². The lowest BCUT2D eigenvalue weighted by Crippen LogP contribution is -2.62. The van der Waals surface area contributed by atoms with Crippen molar-refractivity contribution in [3.8, 4) is 0 Å². The molecule has 2 saturated carbocycles. The van der Waals surface area contributed by atoms with Gasteiger partial charge in [-0.1, -0.05) is 6.42 Å². The third-order valence-electron chi connectivity index (χ3n) is 4.36. The molecule has 18 heavy (non-hydrogen) atoms. The second-order valence-electron chi connectivity index (χ2n) is 5.60. The Balaban J connectivity index is 1.82. The molecule has 4 N–H and O–H groups in total. The summed E-state index contributed by atoms with van der Waals surface area (Å²) in [4.78, 5) is 0. The largest absolute Gasteiger partial charge is 0.387 e. The smallest absolute Gasteiger partial charge is 0.169 e. The van der Waals surface area contributed by atoms with Crippen LogP contribution in [0.3, 0.4) is 0 Å². The van der Waals surface area contributed by atoms with E-state index in [-0.39, 0.29) is 0 Å². The van der Waals surface area contributed by atoms with Gasteiger partial charge in [-0.25, -0.2) is 0 Å². The van der Waals surface area contributed by atoms with E-state index in [9.17, 15) is 20.4 Å². The summed E-state index contributed by atoms with van der Waals surface area (Å²) in [6.07, 6.45) is -2.24. The van der Waals surface area contributed by atoms with E-state index in [1.54, 1.807) is 0 Å². The molecule has 6 atom stereocenters. The summed E-state index contributed by atoms with van der Waals surface area (Å²) in [6.45, 7) is 0. The van der Waals surface area contributed by atoms with Gasteiger partial charge in [-0.2, -0.15) is 0 Å². The zero-order chi connectivity index (χ0) is 12.9. The van der Waals surface area contributed by atoms with E-state index in [0.29, 0.717) is 0 Å². The van der Waals surface area contributed by atoms with Gasteiger partial charge in [-0.05, 0) is 12.8 Å². The van der Waals surface area contributed by atoms with Crippen LogP contribution in [0.1, 0.15) is 32.1 Å². The van der Waals surface area contributed by atoms with Gasteiger partial charge in [0.05, 0.1) is 0 Å². The molecule has 1 aliphatic heterocycles. The normalized spacial score (nSPS) is 51.3. The molecule has 0 aromatic carbocycles. The van der Waals surface area contributed by atoms with Gasteiger partial charge >= 0.3 is 0 Å². The van der Waals surface area contributed by atoms with Crippen LogP contribution in [-0.4, -0.2) is 62.8 Å². The van der Waals surface area contributed by atoms with Crippen LogP contribution in [-0.2, 0) is 9.47 Å². The van der Waals surface area contributed by atoms with Gasteiger partial charge in [-0.15, -0.1) is 0 Å². The van der Waals surface area contributed by atoms with Crippen molar-refractivity contribution in [2.24, 2.45) is 0 Å². The van der Waals surface area contributed by atoms with Crippen molar-refractivity contribution in [3.05, 3.63) is 0 Å². The number of hydrogen-bond acceptors (Lipinski definition) is 6. The molecule has 1 spiro atoms. The molecule has 1 heterocycles. The fourth-order valence-corrected chi connectivity index (χ4v) is 3.30. The van der Waals surface area contributed by atoms with E-state index in [1.165, 1.54) is 0 Å². The minimum atomic E-state index is -1.40. The van der Waals surface area contributed by atoms with Gasteiger partial charge in [-0.3, -0.25) is 0 Å². The van der Waals surface area contributed by atoms with Gasteiger partial charge in [0.2, 0.25) is 0 Å². The Bertz CT molecular complexity index is 292. The molecule has 3 unspecified atom stereocenters. The standard InChI is InChI=1S/C12H20O6/c13-6-7(14)9(16)11-10(8(6)15)17-12(18-11)4-2-1-3-5-12/h6-11,13-16H,1-5H2/t6-,7?,8?,9?,10-,11+/m1/s1. The van der Waals surface area contributed by atoms with Crippen LogP contribution in [0.5, 0.6) is 0 Å². The molecule has 1 saturated heterocycles. The lowest BCUT2D eigenvalue weighted by atomic mass is 9.85. The molecule has 6 nitrogen and oxygen atoms in total. The fourth-order valence-electron chi connectivity index (χ4n) is 3.30. The number of aliphatic hydroxyl groups excluding tert-OH is 4. The second-order valence-corrected chi connectivity index (χ2v) is 5.60. The molecule has 2 aliphatic carbocycles. The van der Waals surface area contributed by atoms with Crippen LogP contribution < -0.4 is 0 Å². The monoisotopic (exact) mass is 260 g/mol. The van der Waals surface area contributed by atoms with Crippen LogP contribution in [0.25, 0.3) is 0 Å². The van der Waals surface area contributed by atoms with Gasteiger partial charge < -0.3 is 29.9 Å². The lowest BCUT2D eigenvalue weighted by Gasteiger charge is -2.38. The molecule has 0 bridgehead atoms. The molecule has 0 radical (unpaired) electrons. The van der Waals surface area contributed by atoms with E-state index in [1.807, 2.05) is 0 Å². The summed E-state index contributed by atoms with van der Waals surface area (Å²) < 4.78 is 11.6. The zero-order valence-corrected chi connectivity index (χ0v) is 10.1. The van der Waals surface area contributed by atoms with Crippen LogP contribution in [0.4, 0.5) is 0 Å². The summed E-state index contributed by atoms with van der Waals surface area (Å²) >= 11 is 0. The molecule has 0 amide bonds. The van der Waals surface area contributed by atoms with E-state index < -0.39 is 42.4 Å². The van der Waals surface area contributed by atoms with Crippen molar-refractivity contribution in [2.45, 2.75) is 74.5 Å². The summed E-state index contributed by atoms with van der Waals surface area (Å²) in [5.74, 6) is -0.751. The molecular weight excluding hydrogens is 240 g/mol. The van der Waals surface area contributed by atoms with Gasteiger partial charge in [0.25, 0.3) is 0 Å². The summed E-state index contributed by atoms with van der Waals surface area (Å²) in [7, 11) is 0. The van der Waals surface area contributed by atoms with Gasteiger partial charge in [0.15, 0.2) is 5.79 Å². The summed E-state index contributed by atoms with van der Waals surface area (Å²) in [5.41, 5.74) is 0. The number of fused-ring (bicyclic) bond motifs is 1. The molecule has 6 heteroatoms. The summed E-state index contributed by atoms with van der Waals surface area (Å²) in [5, 5.41) is 39.2. The maximum absolute atomic E-state index is 9.92. The van der Waals surface area contributed by atoms with Crippen LogP contribution in [0.15, 0.2) is 0 Å². The maximum atomic E-state index is 9.92. The Morgan fingerprint density at radius 2 is 1.11 bits per heavy atom. The second kappa shape index (κ2) is 4.40. The van der Waals surface area contributed by atoms with E-state index in [4.69, 9.17) is 9.47 Å². The molecule has 0 aromatic heterocycles. The van der Waals surface area contributed by atoms with E-state index in [0.717, 1.165) is 32.1 Å². The first-order valence-electron chi connectivity index (χ1n) is 6.62. The van der Waals surface area contributed by atoms with Gasteiger partial charge in [0, 0.05) is 12.8 Å². The first-order valence-corrected chi connectivity index (χ1v) is 6.62. The Morgan fingerprint density at radius 3 is 1.56 bits per heavy atom. The maximum Gasteiger partial charge on any atom is 0.169 e. The van der Waals surface area contributed by atoms with Crippen molar-refractivity contribution in [1.82, 2.24) is 0 Å². The molecule has 0 aromatic rings. The highest BCUT2D eigenvalue weighted by Gasteiger charge is 2.59. The topological polar surface area (TPSA) is 99.4 Å². The van der Waals surface area contributed by atoms with Crippen molar-refractivity contribution in [3.63, 3.8) is 0 Å². The Labute approximate surface area is 105 Å². The Morgan fingerprint density at radius 1 is 0.667 bits per heavy atom. The molecule has 104 valence electrons. The highest BCUT2D eigenvalue weighted by atomic mass is 16.8. The number of rotatable bonds is 0. The lowest BCUT2D eigenvalue weighted by molar-refractivity contribution is -0.203. The van der Waals surface area contributed by atoms with E-state index in [2.05, 4.69) is 0 Å². The van der Waals surface area contributed by atoms with Crippen molar-refractivity contribution < 1.29 is 29.9 Å². The van der Waals surface area contributed by atoms with Gasteiger partial charge in [0.1, 0.15) is 36.6 Å². The zero-order valence-electron chi connectivity index (χ0n) is 10.1. The molecule has 3 rings (SSSR count). The Kier molecular flexibility index (Phi) is 3.12. The quantitative estimate of drug-likeness (QED) is 0.441. The SMILES string of the molecule is OC1C(O)[C@@H]2OC3(CCCCC3)O[C@@H]2C(O)[C@@H]1O. The number of aliphatic hydroxyl groups is 4. The minimum absolute atomic E-state index is 0.728. The van der Waals surface area contributed by atoms with E-state index >= 15 is 0 Å². The third-order valence-corrected chi connectivity index (χ3v) is 4.36. The fraction of sp³-hybridized carbons (Fsp3) is 1.00.